The molecule has 5 heteroatoms. The van der Waals surface area contributed by atoms with Gasteiger partial charge in [0.1, 0.15) is 0 Å². The molecule has 0 saturated heterocycles. The summed E-state index contributed by atoms with van der Waals surface area (Å²) in [4.78, 5) is 11.2. The lowest BCUT2D eigenvalue weighted by Gasteiger charge is -2.11. The molecule has 0 aliphatic carbocycles. The first-order valence-corrected chi connectivity index (χ1v) is 6.31. The number of esters is 1. The van der Waals surface area contributed by atoms with Crippen molar-refractivity contribution in [2.75, 3.05) is 6.61 Å². The molecule has 106 valence electrons. The van der Waals surface area contributed by atoms with Crippen molar-refractivity contribution >= 4 is 5.97 Å². The van der Waals surface area contributed by atoms with E-state index in [9.17, 15) is 13.6 Å². The van der Waals surface area contributed by atoms with Gasteiger partial charge in [0.05, 0.1) is 6.61 Å². The zero-order valence-corrected chi connectivity index (χ0v) is 10.9. The van der Waals surface area contributed by atoms with E-state index >= 15 is 0 Å². The molecular weight excluding hydrogens is 252 g/mol. The monoisotopic (exact) mass is 271 g/mol. The van der Waals surface area contributed by atoms with E-state index in [0.29, 0.717) is 19.4 Å². The zero-order valence-electron chi connectivity index (χ0n) is 10.9. The first-order valence-electron chi connectivity index (χ1n) is 6.31. The summed E-state index contributed by atoms with van der Waals surface area (Å²) in [6, 6.07) is 5.91. The third kappa shape index (κ3) is 5.79. The summed E-state index contributed by atoms with van der Waals surface area (Å²) in [5.41, 5.74) is 6.79. The van der Waals surface area contributed by atoms with E-state index < -0.39 is 6.43 Å². The molecule has 1 aromatic rings. The number of nitrogens with two attached hydrogens (primary N) is 1. The Hall–Kier alpha value is -1.49. The average molecular weight is 271 g/mol. The Balaban J connectivity index is 2.39. The normalized spacial score (nSPS) is 12.5. The van der Waals surface area contributed by atoms with Gasteiger partial charge in [0.25, 0.3) is 6.43 Å². The lowest BCUT2D eigenvalue weighted by molar-refractivity contribution is -0.143. The molecule has 1 atom stereocenters. The second kappa shape index (κ2) is 7.84. The molecule has 0 bridgehead atoms. The van der Waals surface area contributed by atoms with Crippen LogP contribution in [0.3, 0.4) is 0 Å². The minimum absolute atomic E-state index is 0.00356. The van der Waals surface area contributed by atoms with Crippen LogP contribution in [0.15, 0.2) is 24.3 Å². The molecule has 3 nitrogen and oxygen atoms in total. The maximum atomic E-state index is 12.4. The van der Waals surface area contributed by atoms with Crippen molar-refractivity contribution in [3.05, 3.63) is 35.4 Å². The van der Waals surface area contributed by atoms with E-state index in [1.54, 1.807) is 19.1 Å². The van der Waals surface area contributed by atoms with E-state index in [-0.39, 0.29) is 24.0 Å². The number of ether oxygens (including phenoxy) is 1. The fraction of sp³-hybridized carbons (Fsp3) is 0.500. The van der Waals surface area contributed by atoms with E-state index in [4.69, 9.17) is 10.5 Å². The first kappa shape index (κ1) is 15.6. The van der Waals surface area contributed by atoms with E-state index in [0.717, 1.165) is 5.56 Å². The van der Waals surface area contributed by atoms with E-state index in [1.807, 2.05) is 0 Å². The molecule has 0 aliphatic rings. The molecule has 0 radical (unpaired) electrons. The van der Waals surface area contributed by atoms with Crippen molar-refractivity contribution < 1.29 is 18.3 Å². The molecule has 1 unspecified atom stereocenters. The van der Waals surface area contributed by atoms with Gasteiger partial charge in [-0.15, -0.1) is 0 Å². The van der Waals surface area contributed by atoms with Gasteiger partial charge in [-0.1, -0.05) is 24.3 Å². The van der Waals surface area contributed by atoms with Crippen molar-refractivity contribution in [1.82, 2.24) is 0 Å². The fourth-order valence-corrected chi connectivity index (χ4v) is 1.74. The van der Waals surface area contributed by atoms with Gasteiger partial charge in [-0.05, 0) is 25.3 Å². The van der Waals surface area contributed by atoms with Crippen LogP contribution in [0.2, 0.25) is 0 Å². The Morgan fingerprint density at radius 3 is 2.47 bits per heavy atom. The highest BCUT2D eigenvalue weighted by Gasteiger charge is 2.10. The molecule has 0 amide bonds. The minimum atomic E-state index is -2.45. The Morgan fingerprint density at radius 2 is 1.95 bits per heavy atom. The summed E-state index contributed by atoms with van der Waals surface area (Å²) >= 11 is 0. The molecule has 1 aromatic carbocycles. The third-order valence-electron chi connectivity index (χ3n) is 2.75. The van der Waals surface area contributed by atoms with Gasteiger partial charge >= 0.3 is 5.97 Å². The average Bonchev–Trinajstić information content (AvgIpc) is 2.37. The molecule has 0 fully saturated rings. The van der Waals surface area contributed by atoms with Gasteiger partial charge in [-0.2, -0.15) is 0 Å². The standard InChI is InChI=1S/C14H19F2NO2/c1-2-19-13(18)8-7-12(17)9-10-3-5-11(6-4-10)14(15)16/h3-6,12,14H,2,7-9,17H2,1H3. The second-order valence-electron chi connectivity index (χ2n) is 4.35. The van der Waals surface area contributed by atoms with Crippen LogP contribution in [0, 0.1) is 0 Å². The Labute approximate surface area is 111 Å². The fourth-order valence-electron chi connectivity index (χ4n) is 1.74. The maximum absolute atomic E-state index is 12.4. The highest BCUT2D eigenvalue weighted by atomic mass is 19.3. The van der Waals surface area contributed by atoms with E-state index in [1.165, 1.54) is 12.1 Å². The molecule has 0 aliphatic heterocycles. The van der Waals surface area contributed by atoms with Crippen LogP contribution in [0.5, 0.6) is 0 Å². The Bertz CT molecular complexity index is 393. The smallest absolute Gasteiger partial charge is 0.305 e. The van der Waals surface area contributed by atoms with Crippen LogP contribution < -0.4 is 5.73 Å². The second-order valence-corrected chi connectivity index (χ2v) is 4.35. The number of carbonyl (C=O) groups is 1. The maximum Gasteiger partial charge on any atom is 0.305 e. The van der Waals surface area contributed by atoms with Crippen molar-refractivity contribution in [2.45, 2.75) is 38.7 Å². The molecule has 1 rings (SSSR count). The Morgan fingerprint density at radius 1 is 1.32 bits per heavy atom. The number of alkyl halides is 2. The van der Waals surface area contributed by atoms with Crippen molar-refractivity contribution in [3.63, 3.8) is 0 Å². The quantitative estimate of drug-likeness (QED) is 0.776. The van der Waals surface area contributed by atoms with Crippen LogP contribution in [0.1, 0.15) is 37.3 Å². The lowest BCUT2D eigenvalue weighted by atomic mass is 10.0. The predicted molar refractivity (Wildman–Crippen MR) is 68.9 cm³/mol. The SMILES string of the molecule is CCOC(=O)CCC(N)Cc1ccc(C(F)F)cc1. The molecule has 19 heavy (non-hydrogen) atoms. The van der Waals surface area contributed by atoms with Gasteiger partial charge in [0.2, 0.25) is 0 Å². The van der Waals surface area contributed by atoms with E-state index in [2.05, 4.69) is 0 Å². The summed E-state index contributed by atoms with van der Waals surface area (Å²) in [6.45, 7) is 2.12. The van der Waals surface area contributed by atoms with Crippen LogP contribution in [-0.4, -0.2) is 18.6 Å². The Kier molecular flexibility index (Phi) is 6.42. The third-order valence-corrected chi connectivity index (χ3v) is 2.75. The van der Waals surface area contributed by atoms with Gasteiger partial charge in [0.15, 0.2) is 0 Å². The number of benzene rings is 1. The highest BCUT2D eigenvalue weighted by molar-refractivity contribution is 5.69. The number of hydrogen-bond acceptors (Lipinski definition) is 3. The number of rotatable bonds is 7. The molecular formula is C14H19F2NO2. The number of hydrogen-bond donors (Lipinski definition) is 1. The van der Waals surface area contributed by atoms with Gasteiger partial charge in [0, 0.05) is 18.0 Å². The van der Waals surface area contributed by atoms with Crippen LogP contribution >= 0.6 is 0 Å². The van der Waals surface area contributed by atoms with Crippen molar-refractivity contribution in [3.8, 4) is 0 Å². The minimum Gasteiger partial charge on any atom is -0.466 e. The molecule has 0 heterocycles. The highest BCUT2D eigenvalue weighted by Crippen LogP contribution is 2.19. The van der Waals surface area contributed by atoms with Gasteiger partial charge < -0.3 is 10.5 Å². The van der Waals surface area contributed by atoms with Gasteiger partial charge in [-0.25, -0.2) is 8.78 Å². The predicted octanol–water partition coefficient (Wildman–Crippen LogP) is 2.84. The zero-order chi connectivity index (χ0) is 14.3. The van der Waals surface area contributed by atoms with Gasteiger partial charge in [-0.3, -0.25) is 4.79 Å². The topological polar surface area (TPSA) is 52.3 Å². The summed E-state index contributed by atoms with van der Waals surface area (Å²) in [7, 11) is 0. The van der Waals surface area contributed by atoms with Crippen LogP contribution in [-0.2, 0) is 16.0 Å². The first-order chi connectivity index (χ1) is 9.02. The van der Waals surface area contributed by atoms with Crippen molar-refractivity contribution in [2.24, 2.45) is 5.73 Å². The lowest BCUT2D eigenvalue weighted by Crippen LogP contribution is -2.24. The molecule has 0 spiro atoms. The van der Waals surface area contributed by atoms with Crippen LogP contribution in [0.4, 0.5) is 8.78 Å². The molecule has 0 aromatic heterocycles. The molecule has 2 N–H and O–H groups in total. The summed E-state index contributed by atoms with van der Waals surface area (Å²) in [6.07, 6.45) is -1.09. The number of carbonyl (C=O) groups excluding carboxylic acids is 1. The van der Waals surface area contributed by atoms with Crippen LogP contribution in [0.25, 0.3) is 0 Å². The molecule has 0 saturated carbocycles. The van der Waals surface area contributed by atoms with Crippen molar-refractivity contribution in [1.29, 1.82) is 0 Å². The summed E-state index contributed by atoms with van der Waals surface area (Å²) < 4.78 is 29.5. The summed E-state index contributed by atoms with van der Waals surface area (Å²) in [5.74, 6) is -0.258. The summed E-state index contributed by atoms with van der Waals surface area (Å²) in [5, 5.41) is 0. The largest absolute Gasteiger partial charge is 0.466 e. The number of halogens is 2.